The van der Waals surface area contributed by atoms with E-state index in [9.17, 15) is 4.79 Å². The van der Waals surface area contributed by atoms with Crippen molar-refractivity contribution in [1.82, 2.24) is 4.90 Å². The molecule has 146 valence electrons. The summed E-state index contributed by atoms with van der Waals surface area (Å²) >= 11 is 6.47. The predicted octanol–water partition coefficient (Wildman–Crippen LogP) is 4.98. The third-order valence-corrected chi connectivity index (χ3v) is 5.67. The van der Waals surface area contributed by atoms with Crippen LogP contribution in [0.3, 0.4) is 0 Å². The van der Waals surface area contributed by atoms with E-state index in [2.05, 4.69) is 19.9 Å². The lowest BCUT2D eigenvalue weighted by Gasteiger charge is -2.09. The van der Waals surface area contributed by atoms with Gasteiger partial charge in [0.05, 0.1) is 18.1 Å². The van der Waals surface area contributed by atoms with Gasteiger partial charge in [-0.25, -0.2) is 0 Å². The third-order valence-electron chi connectivity index (χ3n) is 4.19. The van der Waals surface area contributed by atoms with Gasteiger partial charge in [-0.2, -0.15) is 0 Å². The number of thioether (sulfide) groups is 1. The van der Waals surface area contributed by atoms with Crippen LogP contribution in [0.25, 0.3) is 6.08 Å². The van der Waals surface area contributed by atoms with Gasteiger partial charge >= 0.3 is 0 Å². The average Bonchev–Trinajstić information content (AvgIpc) is 2.89. The second-order valence-electron chi connectivity index (χ2n) is 6.68. The largest absolute Gasteiger partial charge is 0.493 e. The Hall–Kier alpha value is -2.31. The summed E-state index contributed by atoms with van der Waals surface area (Å²) in [5, 5.41) is 0. The Balaban J connectivity index is 1.45. The normalized spacial score (nSPS) is 15.4. The fourth-order valence-corrected chi connectivity index (χ4v) is 3.99. The number of ether oxygens (including phenoxy) is 2. The van der Waals surface area contributed by atoms with Gasteiger partial charge in [0.1, 0.15) is 15.8 Å². The number of rotatable bonds is 7. The minimum atomic E-state index is -0.0564. The number of hydrogen-bond acceptors (Lipinski definition) is 5. The van der Waals surface area contributed by atoms with Gasteiger partial charge in [-0.3, -0.25) is 9.69 Å². The summed E-state index contributed by atoms with van der Waals surface area (Å²) in [7, 11) is 1.69. The van der Waals surface area contributed by atoms with Gasteiger partial charge in [-0.1, -0.05) is 42.2 Å². The van der Waals surface area contributed by atoms with Gasteiger partial charge in [0.25, 0.3) is 5.91 Å². The van der Waals surface area contributed by atoms with Crippen LogP contribution in [-0.4, -0.2) is 35.4 Å². The highest BCUT2D eigenvalue weighted by molar-refractivity contribution is 8.26. The lowest BCUT2D eigenvalue weighted by atomic mass is 10.1. The SMILES string of the molecule is Cc1cc(C)cc(OCCCOc2ccc(C=C3SC(=S)N(C)C3=O)cc2)c1. The summed E-state index contributed by atoms with van der Waals surface area (Å²) in [6.07, 6.45) is 2.65. The maximum atomic E-state index is 12.0. The molecule has 28 heavy (non-hydrogen) atoms. The molecule has 1 aliphatic heterocycles. The first-order chi connectivity index (χ1) is 13.4. The fourth-order valence-electron chi connectivity index (χ4n) is 2.81. The second-order valence-corrected chi connectivity index (χ2v) is 8.36. The van der Waals surface area contributed by atoms with Crippen LogP contribution in [0.4, 0.5) is 0 Å². The molecule has 0 atom stereocenters. The molecule has 1 fully saturated rings. The van der Waals surface area contributed by atoms with E-state index in [-0.39, 0.29) is 5.91 Å². The van der Waals surface area contributed by atoms with E-state index in [1.807, 2.05) is 42.5 Å². The zero-order chi connectivity index (χ0) is 20.1. The molecule has 0 radical (unpaired) electrons. The van der Waals surface area contributed by atoms with Crippen LogP contribution in [0.15, 0.2) is 47.4 Å². The van der Waals surface area contributed by atoms with Crippen LogP contribution in [0, 0.1) is 13.8 Å². The van der Waals surface area contributed by atoms with Gasteiger partial charge in [0, 0.05) is 13.5 Å². The summed E-state index contributed by atoms with van der Waals surface area (Å²) in [5.41, 5.74) is 3.35. The maximum Gasteiger partial charge on any atom is 0.265 e. The van der Waals surface area contributed by atoms with Crippen LogP contribution in [-0.2, 0) is 4.79 Å². The molecular formula is C22H23NO3S2. The fraction of sp³-hybridized carbons (Fsp3) is 0.273. The minimum absolute atomic E-state index is 0.0564. The molecule has 0 spiro atoms. The quantitative estimate of drug-likeness (QED) is 0.364. The van der Waals surface area contributed by atoms with Crippen LogP contribution < -0.4 is 9.47 Å². The Labute approximate surface area is 175 Å². The molecule has 0 unspecified atom stereocenters. The van der Waals surface area contributed by atoms with Crippen molar-refractivity contribution in [2.45, 2.75) is 20.3 Å². The maximum absolute atomic E-state index is 12.0. The number of hydrogen-bond donors (Lipinski definition) is 0. The molecule has 4 nitrogen and oxygen atoms in total. The van der Waals surface area contributed by atoms with E-state index < -0.39 is 0 Å². The first kappa shape index (κ1) is 20.4. The molecular weight excluding hydrogens is 390 g/mol. The van der Waals surface area contributed by atoms with Crippen LogP contribution >= 0.6 is 24.0 Å². The zero-order valence-corrected chi connectivity index (χ0v) is 17.9. The number of carbonyl (C=O) groups excluding carboxylic acids is 1. The van der Waals surface area contributed by atoms with Crippen molar-refractivity contribution >= 4 is 40.3 Å². The van der Waals surface area contributed by atoms with Crippen molar-refractivity contribution < 1.29 is 14.3 Å². The van der Waals surface area contributed by atoms with Crippen molar-refractivity contribution in [2.24, 2.45) is 0 Å². The van der Waals surface area contributed by atoms with Crippen LogP contribution in [0.2, 0.25) is 0 Å². The molecule has 0 N–H and O–H groups in total. The number of aryl methyl sites for hydroxylation is 2. The van der Waals surface area contributed by atoms with E-state index in [0.29, 0.717) is 22.4 Å². The standard InChI is InChI=1S/C22H23NO3S2/c1-15-11-16(2)13-19(12-15)26-10-4-9-25-18-7-5-17(6-8-18)14-20-21(24)23(3)22(27)28-20/h5-8,11-14H,4,9-10H2,1-3H3. The summed E-state index contributed by atoms with van der Waals surface area (Å²) < 4.78 is 12.1. The first-order valence-corrected chi connectivity index (χ1v) is 10.3. The molecule has 0 bridgehead atoms. The molecule has 6 heteroatoms. The zero-order valence-electron chi connectivity index (χ0n) is 16.2. The Morgan fingerprint density at radius 1 is 1.00 bits per heavy atom. The molecule has 0 saturated carbocycles. The first-order valence-electron chi connectivity index (χ1n) is 9.08. The number of nitrogens with zero attached hydrogens (tertiary/aromatic N) is 1. The molecule has 1 heterocycles. The second kappa shape index (κ2) is 9.26. The lowest BCUT2D eigenvalue weighted by Crippen LogP contribution is -2.22. The summed E-state index contributed by atoms with van der Waals surface area (Å²) in [6, 6.07) is 13.9. The Kier molecular flexibility index (Phi) is 6.75. The van der Waals surface area contributed by atoms with Crippen molar-refractivity contribution in [3.8, 4) is 11.5 Å². The van der Waals surface area contributed by atoms with Gasteiger partial charge in [0.2, 0.25) is 0 Å². The number of thiocarbonyl (C=S) groups is 1. The van der Waals surface area contributed by atoms with Gasteiger partial charge in [-0.05, 0) is 60.9 Å². The highest BCUT2D eigenvalue weighted by Crippen LogP contribution is 2.31. The minimum Gasteiger partial charge on any atom is -0.493 e. The Morgan fingerprint density at radius 3 is 2.18 bits per heavy atom. The number of benzene rings is 2. The summed E-state index contributed by atoms with van der Waals surface area (Å²) in [4.78, 5) is 14.2. The van der Waals surface area contributed by atoms with E-state index in [1.54, 1.807) is 7.05 Å². The molecule has 1 amide bonds. The highest BCUT2D eigenvalue weighted by Gasteiger charge is 2.28. The van der Waals surface area contributed by atoms with Crippen LogP contribution in [0.5, 0.6) is 11.5 Å². The number of carbonyl (C=O) groups is 1. The third kappa shape index (κ3) is 5.36. The smallest absolute Gasteiger partial charge is 0.265 e. The molecule has 1 saturated heterocycles. The summed E-state index contributed by atoms with van der Waals surface area (Å²) in [5.74, 6) is 1.64. The van der Waals surface area contributed by atoms with Gasteiger partial charge in [-0.15, -0.1) is 0 Å². The van der Waals surface area contributed by atoms with Crippen molar-refractivity contribution in [1.29, 1.82) is 0 Å². The predicted molar refractivity (Wildman–Crippen MR) is 119 cm³/mol. The number of amides is 1. The topological polar surface area (TPSA) is 38.8 Å². The van der Waals surface area contributed by atoms with E-state index in [4.69, 9.17) is 21.7 Å². The summed E-state index contributed by atoms with van der Waals surface area (Å²) in [6.45, 7) is 5.32. The van der Waals surface area contributed by atoms with Crippen molar-refractivity contribution in [3.63, 3.8) is 0 Å². The van der Waals surface area contributed by atoms with Crippen molar-refractivity contribution in [3.05, 3.63) is 64.1 Å². The van der Waals surface area contributed by atoms with E-state index in [0.717, 1.165) is 23.5 Å². The van der Waals surface area contributed by atoms with Gasteiger partial charge in [0.15, 0.2) is 0 Å². The molecule has 3 rings (SSSR count). The molecule has 2 aromatic carbocycles. The lowest BCUT2D eigenvalue weighted by molar-refractivity contribution is -0.121. The van der Waals surface area contributed by atoms with Gasteiger partial charge < -0.3 is 9.47 Å². The highest BCUT2D eigenvalue weighted by atomic mass is 32.2. The number of likely N-dealkylation sites (N-methyl/N-ethyl adjacent to an activating group) is 1. The van der Waals surface area contributed by atoms with Crippen molar-refractivity contribution in [2.75, 3.05) is 20.3 Å². The molecule has 2 aromatic rings. The average molecular weight is 414 g/mol. The van der Waals surface area contributed by atoms with Crippen LogP contribution in [0.1, 0.15) is 23.1 Å². The Bertz CT molecular complexity index is 886. The van der Waals surface area contributed by atoms with E-state index >= 15 is 0 Å². The van der Waals surface area contributed by atoms with E-state index in [1.165, 1.54) is 27.8 Å². The Morgan fingerprint density at radius 2 is 1.61 bits per heavy atom. The molecule has 1 aliphatic rings. The molecule has 0 aliphatic carbocycles. The molecule has 0 aromatic heterocycles. The monoisotopic (exact) mass is 413 g/mol.